The number of para-hydroxylation sites is 1. The van der Waals surface area contributed by atoms with Crippen molar-refractivity contribution < 1.29 is 9.53 Å². The van der Waals surface area contributed by atoms with Gasteiger partial charge in [0.15, 0.2) is 5.60 Å². The Morgan fingerprint density at radius 1 is 1.24 bits per heavy atom. The molecule has 1 fully saturated rings. The Morgan fingerprint density at radius 3 is 2.52 bits per heavy atom. The molecule has 6 heteroatoms. The van der Waals surface area contributed by atoms with Gasteiger partial charge in [-0.15, -0.1) is 5.10 Å². The van der Waals surface area contributed by atoms with E-state index in [2.05, 4.69) is 12.0 Å². The predicted octanol–water partition coefficient (Wildman–Crippen LogP) is 3.94. The van der Waals surface area contributed by atoms with Crippen molar-refractivity contribution in [2.24, 2.45) is 5.92 Å². The summed E-state index contributed by atoms with van der Waals surface area (Å²) in [5, 5.41) is 4.78. The van der Waals surface area contributed by atoms with Crippen molar-refractivity contribution in [3.8, 4) is 11.6 Å². The lowest BCUT2D eigenvalue weighted by atomic mass is 9.97. The van der Waals surface area contributed by atoms with Crippen LogP contribution in [0.15, 0.2) is 36.5 Å². The third kappa shape index (κ3) is 3.98. The summed E-state index contributed by atoms with van der Waals surface area (Å²) in [5.74, 6) is 0.920. The summed E-state index contributed by atoms with van der Waals surface area (Å²) < 4.78 is 7.58. The maximum Gasteiger partial charge on any atom is 0.266 e. The second-order valence-electron chi connectivity index (χ2n) is 7.15. The van der Waals surface area contributed by atoms with Crippen LogP contribution >= 0.6 is 11.6 Å². The Bertz CT molecular complexity index is 734. The summed E-state index contributed by atoms with van der Waals surface area (Å²) in [4.78, 5) is 14.7. The normalized spacial score (nSPS) is 16.1. The SMILES string of the molecule is CC1CCN(C(=O)C(C)(C)Oc2nn(-c3ccccc3)cc2Cl)CC1. The van der Waals surface area contributed by atoms with Crippen molar-refractivity contribution in [1.29, 1.82) is 0 Å². The number of hydrogen-bond acceptors (Lipinski definition) is 3. The molecule has 0 spiro atoms. The van der Waals surface area contributed by atoms with Crippen LogP contribution in [0.5, 0.6) is 5.88 Å². The number of aromatic nitrogens is 2. The molecule has 1 saturated heterocycles. The molecule has 0 atom stereocenters. The van der Waals surface area contributed by atoms with Crippen LogP contribution in [0.2, 0.25) is 5.02 Å². The molecule has 0 saturated carbocycles. The Hall–Kier alpha value is -2.01. The van der Waals surface area contributed by atoms with Crippen LogP contribution in [0.25, 0.3) is 5.69 Å². The van der Waals surface area contributed by atoms with Crippen molar-refractivity contribution >= 4 is 17.5 Å². The molecule has 1 aromatic carbocycles. The van der Waals surface area contributed by atoms with Crippen LogP contribution < -0.4 is 4.74 Å². The van der Waals surface area contributed by atoms with Gasteiger partial charge in [0, 0.05) is 13.1 Å². The topological polar surface area (TPSA) is 47.4 Å². The van der Waals surface area contributed by atoms with Gasteiger partial charge in [-0.1, -0.05) is 36.7 Å². The number of hydrogen-bond donors (Lipinski definition) is 0. The van der Waals surface area contributed by atoms with Crippen LogP contribution in [0.3, 0.4) is 0 Å². The molecule has 1 aromatic heterocycles. The number of rotatable bonds is 4. The monoisotopic (exact) mass is 361 g/mol. The molecule has 0 unspecified atom stereocenters. The molecular weight excluding hydrogens is 338 g/mol. The highest BCUT2D eigenvalue weighted by molar-refractivity contribution is 6.31. The fourth-order valence-corrected chi connectivity index (χ4v) is 3.17. The molecule has 0 N–H and O–H groups in total. The highest BCUT2D eigenvalue weighted by Crippen LogP contribution is 2.29. The predicted molar refractivity (Wildman–Crippen MR) is 98.3 cm³/mol. The zero-order chi connectivity index (χ0) is 18.0. The fourth-order valence-electron chi connectivity index (χ4n) is 3.00. The molecule has 3 rings (SSSR count). The van der Waals surface area contributed by atoms with E-state index in [-0.39, 0.29) is 11.8 Å². The number of likely N-dealkylation sites (tertiary alicyclic amines) is 1. The molecule has 25 heavy (non-hydrogen) atoms. The maximum atomic E-state index is 12.8. The standard InChI is InChI=1S/C19H24ClN3O2/c1-14-9-11-22(12-10-14)18(24)19(2,3)25-17-16(20)13-23(21-17)15-7-5-4-6-8-15/h4-8,13-14H,9-12H2,1-3H3. The molecule has 5 nitrogen and oxygen atoms in total. The van der Waals surface area contributed by atoms with Gasteiger partial charge in [0.25, 0.3) is 11.8 Å². The molecule has 1 aliphatic rings. The van der Waals surface area contributed by atoms with Crippen molar-refractivity contribution in [1.82, 2.24) is 14.7 Å². The highest BCUT2D eigenvalue weighted by atomic mass is 35.5. The van der Waals surface area contributed by atoms with E-state index in [4.69, 9.17) is 16.3 Å². The average Bonchev–Trinajstić information content (AvgIpc) is 2.96. The van der Waals surface area contributed by atoms with Gasteiger partial charge in [-0.25, -0.2) is 4.68 Å². The Morgan fingerprint density at radius 2 is 1.88 bits per heavy atom. The van der Waals surface area contributed by atoms with E-state index >= 15 is 0 Å². The molecule has 1 amide bonds. The van der Waals surface area contributed by atoms with Gasteiger partial charge in [0.2, 0.25) is 0 Å². The number of carbonyl (C=O) groups is 1. The number of halogens is 1. The van der Waals surface area contributed by atoms with Crippen molar-refractivity contribution in [2.75, 3.05) is 13.1 Å². The second-order valence-corrected chi connectivity index (χ2v) is 7.56. The summed E-state index contributed by atoms with van der Waals surface area (Å²) in [6, 6.07) is 9.65. The zero-order valence-corrected chi connectivity index (χ0v) is 15.7. The quantitative estimate of drug-likeness (QED) is 0.828. The number of ether oxygens (including phenoxy) is 1. The third-order valence-electron chi connectivity index (χ3n) is 4.60. The summed E-state index contributed by atoms with van der Waals surface area (Å²) in [5.41, 5.74) is -0.131. The molecule has 0 radical (unpaired) electrons. The molecule has 134 valence electrons. The number of benzene rings is 1. The lowest BCUT2D eigenvalue weighted by Crippen LogP contribution is -2.51. The first kappa shape index (κ1) is 17.8. The molecule has 0 aliphatic carbocycles. The first-order chi connectivity index (χ1) is 11.9. The maximum absolute atomic E-state index is 12.8. The van der Waals surface area contributed by atoms with Crippen molar-refractivity contribution in [3.05, 3.63) is 41.6 Å². The Balaban J connectivity index is 1.74. The van der Waals surface area contributed by atoms with Gasteiger partial charge in [0.1, 0.15) is 5.02 Å². The minimum absolute atomic E-state index is 0.0234. The number of amides is 1. The summed E-state index contributed by atoms with van der Waals surface area (Å²) in [6.07, 6.45) is 3.76. The van der Waals surface area contributed by atoms with E-state index in [1.807, 2.05) is 35.2 Å². The van der Waals surface area contributed by atoms with Gasteiger partial charge in [-0.05, 0) is 44.7 Å². The number of carbonyl (C=O) groups excluding carboxylic acids is 1. The minimum Gasteiger partial charge on any atom is -0.459 e. The molecule has 0 bridgehead atoms. The van der Waals surface area contributed by atoms with E-state index < -0.39 is 5.60 Å². The van der Waals surface area contributed by atoms with Gasteiger partial charge in [-0.3, -0.25) is 4.79 Å². The van der Waals surface area contributed by atoms with Gasteiger partial charge < -0.3 is 9.64 Å². The fraction of sp³-hybridized carbons (Fsp3) is 0.474. The van der Waals surface area contributed by atoms with Crippen LogP contribution in [-0.2, 0) is 4.79 Å². The summed E-state index contributed by atoms with van der Waals surface area (Å²) >= 11 is 6.28. The van der Waals surface area contributed by atoms with Crippen molar-refractivity contribution in [3.63, 3.8) is 0 Å². The van der Waals surface area contributed by atoms with E-state index in [1.165, 1.54) is 0 Å². The second kappa shape index (κ2) is 7.08. The van der Waals surface area contributed by atoms with Crippen LogP contribution in [0, 0.1) is 5.92 Å². The van der Waals surface area contributed by atoms with Crippen LogP contribution in [-0.4, -0.2) is 39.3 Å². The lowest BCUT2D eigenvalue weighted by molar-refractivity contribution is -0.147. The molecule has 1 aliphatic heterocycles. The highest BCUT2D eigenvalue weighted by Gasteiger charge is 2.36. The van der Waals surface area contributed by atoms with Crippen LogP contribution in [0.4, 0.5) is 0 Å². The van der Waals surface area contributed by atoms with Crippen LogP contribution in [0.1, 0.15) is 33.6 Å². The first-order valence-corrected chi connectivity index (χ1v) is 9.03. The molecule has 2 heterocycles. The van der Waals surface area contributed by atoms with Gasteiger partial charge in [-0.2, -0.15) is 0 Å². The van der Waals surface area contributed by atoms with E-state index in [0.29, 0.717) is 10.9 Å². The lowest BCUT2D eigenvalue weighted by Gasteiger charge is -2.35. The first-order valence-electron chi connectivity index (χ1n) is 8.66. The molecular formula is C19H24ClN3O2. The summed E-state index contributed by atoms with van der Waals surface area (Å²) in [7, 11) is 0. The largest absolute Gasteiger partial charge is 0.459 e. The zero-order valence-electron chi connectivity index (χ0n) is 14.9. The number of nitrogens with zero attached hydrogens (tertiary/aromatic N) is 3. The van der Waals surface area contributed by atoms with E-state index in [0.717, 1.165) is 31.6 Å². The van der Waals surface area contributed by atoms with Gasteiger partial charge in [0.05, 0.1) is 11.9 Å². The van der Waals surface area contributed by atoms with Gasteiger partial charge >= 0.3 is 0 Å². The average molecular weight is 362 g/mol. The minimum atomic E-state index is -1.01. The number of piperidine rings is 1. The smallest absolute Gasteiger partial charge is 0.266 e. The van der Waals surface area contributed by atoms with Crippen molar-refractivity contribution in [2.45, 2.75) is 39.2 Å². The Kier molecular flexibility index (Phi) is 5.04. The Labute approximate surface area is 153 Å². The summed E-state index contributed by atoms with van der Waals surface area (Å²) in [6.45, 7) is 7.31. The van der Waals surface area contributed by atoms with E-state index in [1.54, 1.807) is 24.7 Å². The van der Waals surface area contributed by atoms with E-state index in [9.17, 15) is 4.79 Å². The molecule has 2 aromatic rings. The third-order valence-corrected chi connectivity index (χ3v) is 4.86.